The molecular formula is C29H27N3O5. The maximum atomic E-state index is 13.9. The van der Waals surface area contributed by atoms with Crippen molar-refractivity contribution in [2.75, 3.05) is 6.61 Å². The Morgan fingerprint density at radius 3 is 2.32 bits per heavy atom. The molecule has 0 saturated heterocycles. The molecule has 0 spiro atoms. The molecule has 3 aromatic carbocycles. The first-order valence-electron chi connectivity index (χ1n) is 12.0. The smallest absolute Gasteiger partial charge is 0.408 e. The summed E-state index contributed by atoms with van der Waals surface area (Å²) >= 11 is 0. The zero-order chi connectivity index (χ0) is 26.2. The van der Waals surface area contributed by atoms with Gasteiger partial charge < -0.3 is 14.8 Å². The summed E-state index contributed by atoms with van der Waals surface area (Å²) in [6, 6.07) is 20.8. The van der Waals surface area contributed by atoms with Crippen molar-refractivity contribution in [1.29, 1.82) is 0 Å². The van der Waals surface area contributed by atoms with Gasteiger partial charge in [-0.15, -0.1) is 0 Å². The van der Waals surface area contributed by atoms with Gasteiger partial charge in [-0.25, -0.2) is 4.79 Å². The van der Waals surface area contributed by atoms with Gasteiger partial charge in [0.2, 0.25) is 0 Å². The van der Waals surface area contributed by atoms with Crippen molar-refractivity contribution in [3.05, 3.63) is 89.5 Å². The molecular weight excluding hydrogens is 470 g/mol. The minimum absolute atomic E-state index is 0.101. The Morgan fingerprint density at radius 2 is 1.59 bits per heavy atom. The molecule has 0 radical (unpaired) electrons. The Balaban J connectivity index is 1.52. The number of amides is 1. The number of alkyl carbamates (subject to hydrolysis) is 1. The lowest BCUT2D eigenvalue weighted by atomic mass is 9.87. The van der Waals surface area contributed by atoms with Crippen molar-refractivity contribution in [3.8, 4) is 11.3 Å². The van der Waals surface area contributed by atoms with Crippen LogP contribution < -0.4 is 5.32 Å². The number of carbonyl (C=O) groups is 3. The van der Waals surface area contributed by atoms with E-state index in [1.165, 1.54) is 4.68 Å². The number of rotatable bonds is 6. The number of hydrogen-bond acceptors (Lipinski definition) is 6. The average Bonchev–Trinajstić information content (AvgIpc) is 3.26. The zero-order valence-electron chi connectivity index (χ0n) is 20.9. The lowest BCUT2D eigenvalue weighted by Gasteiger charge is -2.24. The van der Waals surface area contributed by atoms with Crippen LogP contribution in [-0.4, -0.2) is 45.8 Å². The minimum atomic E-state index is -1.09. The van der Waals surface area contributed by atoms with Crippen LogP contribution >= 0.6 is 0 Å². The first-order valence-corrected chi connectivity index (χ1v) is 12.0. The maximum absolute atomic E-state index is 13.9. The summed E-state index contributed by atoms with van der Waals surface area (Å²) in [5.41, 5.74) is 2.82. The predicted octanol–water partition coefficient (Wildman–Crippen LogP) is 5.00. The Morgan fingerprint density at radius 1 is 0.919 bits per heavy atom. The van der Waals surface area contributed by atoms with Crippen LogP contribution in [0.4, 0.5) is 4.79 Å². The van der Waals surface area contributed by atoms with Crippen molar-refractivity contribution in [3.63, 3.8) is 0 Å². The molecule has 1 N–H and O–H groups in total. The lowest BCUT2D eigenvalue weighted by molar-refractivity contribution is 0.0387. The summed E-state index contributed by atoms with van der Waals surface area (Å²) in [5.74, 6) is -0.615. The fourth-order valence-corrected chi connectivity index (χ4v) is 4.41. The number of nitrogens with one attached hydrogen (secondary N) is 1. The second-order valence-corrected chi connectivity index (χ2v) is 9.87. The van der Waals surface area contributed by atoms with Gasteiger partial charge in [-0.3, -0.25) is 9.59 Å². The summed E-state index contributed by atoms with van der Waals surface area (Å²) in [4.78, 5) is 39.7. The van der Waals surface area contributed by atoms with Gasteiger partial charge in [-0.05, 0) is 32.4 Å². The molecule has 0 unspecified atom stereocenters. The number of ketones is 1. The van der Waals surface area contributed by atoms with E-state index in [9.17, 15) is 14.4 Å². The highest BCUT2D eigenvalue weighted by Crippen LogP contribution is 2.39. The fraction of sp³-hybridized carbons (Fsp3) is 0.241. The third kappa shape index (κ3) is 4.88. The molecule has 0 saturated carbocycles. The van der Waals surface area contributed by atoms with Crippen LogP contribution in [0.5, 0.6) is 0 Å². The van der Waals surface area contributed by atoms with E-state index in [0.29, 0.717) is 33.3 Å². The van der Waals surface area contributed by atoms with E-state index in [2.05, 4.69) is 10.4 Å². The molecule has 1 heterocycles. The van der Waals surface area contributed by atoms with Crippen molar-refractivity contribution < 1.29 is 23.9 Å². The molecule has 188 valence electrons. The largest absolute Gasteiger partial charge is 0.444 e. The fourth-order valence-electron chi connectivity index (χ4n) is 4.41. The average molecular weight is 498 g/mol. The molecule has 0 aliphatic heterocycles. The molecule has 1 atom stereocenters. The first-order chi connectivity index (χ1) is 17.7. The molecule has 0 bridgehead atoms. The molecule has 1 aliphatic rings. The normalized spacial score (nSPS) is 13.2. The Hall–Kier alpha value is -4.30. The van der Waals surface area contributed by atoms with E-state index >= 15 is 0 Å². The third-order valence-corrected chi connectivity index (χ3v) is 5.96. The van der Waals surface area contributed by atoms with E-state index in [-0.39, 0.29) is 19.0 Å². The number of fused-ring (bicyclic) bond motifs is 2. The highest BCUT2D eigenvalue weighted by molar-refractivity contribution is 6.25. The number of hydrogen-bond donors (Lipinski definition) is 1. The highest BCUT2D eigenvalue weighted by Gasteiger charge is 2.34. The van der Waals surface area contributed by atoms with E-state index in [1.807, 2.05) is 36.4 Å². The Kier molecular flexibility index (Phi) is 6.35. The Bertz CT molecular complexity index is 1500. The van der Waals surface area contributed by atoms with Crippen LogP contribution in [0.25, 0.3) is 22.2 Å². The van der Waals surface area contributed by atoms with Gasteiger partial charge in [0.15, 0.2) is 5.78 Å². The van der Waals surface area contributed by atoms with Crippen molar-refractivity contribution in [1.82, 2.24) is 15.1 Å². The molecule has 8 heteroatoms. The van der Waals surface area contributed by atoms with Crippen LogP contribution in [0.3, 0.4) is 0 Å². The monoisotopic (exact) mass is 497 g/mol. The van der Waals surface area contributed by atoms with E-state index in [1.54, 1.807) is 57.2 Å². The van der Waals surface area contributed by atoms with Crippen LogP contribution in [0.15, 0.2) is 72.8 Å². The number of ether oxygens (including phenoxy) is 2. The molecule has 0 fully saturated rings. The molecule has 4 aromatic rings. The second-order valence-electron chi connectivity index (χ2n) is 9.87. The molecule has 8 nitrogen and oxygen atoms in total. The molecule has 5 rings (SSSR count). The number of nitrogens with zero attached hydrogens (tertiary/aromatic N) is 2. The van der Waals surface area contributed by atoms with E-state index in [0.717, 1.165) is 5.56 Å². The highest BCUT2D eigenvalue weighted by atomic mass is 16.6. The zero-order valence-corrected chi connectivity index (χ0v) is 20.9. The minimum Gasteiger partial charge on any atom is -0.444 e. The van der Waals surface area contributed by atoms with Crippen molar-refractivity contribution in [2.45, 2.75) is 39.0 Å². The summed E-state index contributed by atoms with van der Waals surface area (Å²) in [7, 11) is 0. The van der Waals surface area contributed by atoms with Crippen LogP contribution in [-0.2, 0) is 16.1 Å². The number of aromatic nitrogens is 2. The van der Waals surface area contributed by atoms with E-state index < -0.39 is 23.6 Å². The van der Waals surface area contributed by atoms with Crippen LogP contribution in [0.2, 0.25) is 0 Å². The molecule has 1 aromatic heterocycles. The standard InChI is InChI=1S/C29H27N3O5/c1-29(2,3)37-28(35)30-23(17-36-16-18-10-5-4-6-11-18)27(34)32-25-19-12-7-8-13-20(19)26(33)21-14-9-15-22(31-32)24(21)25/h4-15,23H,16-17H2,1-3H3,(H,30,35)/t23-/m0/s1. The van der Waals surface area contributed by atoms with Crippen molar-refractivity contribution >= 4 is 28.7 Å². The van der Waals surface area contributed by atoms with Gasteiger partial charge in [-0.2, -0.15) is 9.78 Å². The third-order valence-electron chi connectivity index (χ3n) is 5.96. The van der Waals surface area contributed by atoms with Gasteiger partial charge in [0.25, 0.3) is 5.91 Å². The van der Waals surface area contributed by atoms with Crippen LogP contribution in [0, 0.1) is 0 Å². The van der Waals surface area contributed by atoms with Gasteiger partial charge in [-0.1, -0.05) is 66.7 Å². The molecule has 37 heavy (non-hydrogen) atoms. The number of carbonyl (C=O) groups excluding carboxylic acids is 3. The number of benzene rings is 3. The quantitative estimate of drug-likeness (QED) is 0.355. The predicted molar refractivity (Wildman–Crippen MR) is 138 cm³/mol. The lowest BCUT2D eigenvalue weighted by Crippen LogP contribution is -2.48. The second kappa shape index (κ2) is 9.63. The topological polar surface area (TPSA) is 99.5 Å². The molecule has 1 amide bonds. The van der Waals surface area contributed by atoms with Crippen LogP contribution in [0.1, 0.15) is 47.1 Å². The maximum Gasteiger partial charge on any atom is 0.408 e. The summed E-state index contributed by atoms with van der Waals surface area (Å²) in [5, 5.41) is 7.82. The first kappa shape index (κ1) is 24.4. The SMILES string of the molecule is CC(C)(C)OC(=O)N[C@@H](COCc1ccccc1)C(=O)n1nc2cccc3c2c1-c1ccccc1C3=O. The van der Waals surface area contributed by atoms with Gasteiger partial charge >= 0.3 is 6.09 Å². The summed E-state index contributed by atoms with van der Waals surface area (Å²) in [6.07, 6.45) is -0.740. The van der Waals surface area contributed by atoms with Gasteiger partial charge in [0.1, 0.15) is 11.6 Å². The van der Waals surface area contributed by atoms with Crippen molar-refractivity contribution in [2.24, 2.45) is 0 Å². The van der Waals surface area contributed by atoms with Gasteiger partial charge in [0.05, 0.1) is 24.4 Å². The summed E-state index contributed by atoms with van der Waals surface area (Å²) in [6.45, 7) is 5.39. The van der Waals surface area contributed by atoms with E-state index in [4.69, 9.17) is 9.47 Å². The molecule has 1 aliphatic carbocycles. The Labute approximate surface area is 214 Å². The summed E-state index contributed by atoms with van der Waals surface area (Å²) < 4.78 is 12.5. The van der Waals surface area contributed by atoms with Gasteiger partial charge in [0, 0.05) is 22.1 Å².